The Morgan fingerprint density at radius 2 is 2.19 bits per heavy atom. The highest BCUT2D eigenvalue weighted by atomic mass is 16.2. The molecule has 1 unspecified atom stereocenters. The Labute approximate surface area is 122 Å². The van der Waals surface area contributed by atoms with E-state index in [4.69, 9.17) is 5.73 Å². The Morgan fingerprint density at radius 1 is 1.48 bits per heavy atom. The summed E-state index contributed by atoms with van der Waals surface area (Å²) in [5.74, 6) is -0.623. The van der Waals surface area contributed by atoms with Gasteiger partial charge in [0.2, 0.25) is 5.91 Å². The van der Waals surface area contributed by atoms with E-state index in [9.17, 15) is 14.4 Å². The number of nitrogens with two attached hydrogens (primary N) is 1. The van der Waals surface area contributed by atoms with Gasteiger partial charge in [-0.25, -0.2) is 0 Å². The van der Waals surface area contributed by atoms with Crippen LogP contribution in [0.2, 0.25) is 0 Å². The number of amides is 2. The molecule has 110 valence electrons. The maximum atomic E-state index is 12.5. The van der Waals surface area contributed by atoms with Crippen LogP contribution in [0.3, 0.4) is 0 Å². The number of carbonyl (C=O) groups excluding carboxylic acids is 3. The average Bonchev–Trinajstić information content (AvgIpc) is 2.71. The van der Waals surface area contributed by atoms with Gasteiger partial charge in [0.25, 0.3) is 5.91 Å². The zero-order chi connectivity index (χ0) is 15.6. The molecule has 6 heteroatoms. The van der Waals surface area contributed by atoms with Gasteiger partial charge in [-0.05, 0) is 24.6 Å². The van der Waals surface area contributed by atoms with Crippen molar-refractivity contribution in [3.63, 3.8) is 0 Å². The molecule has 1 aromatic carbocycles. The first-order valence-electron chi connectivity index (χ1n) is 6.58. The number of nitrogen functional groups attached to an aromatic ring is 1. The lowest BCUT2D eigenvalue weighted by molar-refractivity contribution is -0.124. The molecule has 0 saturated heterocycles. The van der Waals surface area contributed by atoms with Crippen LogP contribution in [-0.4, -0.2) is 36.1 Å². The Balaban J connectivity index is 2.39. The van der Waals surface area contributed by atoms with E-state index in [1.165, 1.54) is 11.9 Å². The van der Waals surface area contributed by atoms with E-state index >= 15 is 0 Å². The summed E-state index contributed by atoms with van der Waals surface area (Å²) < 4.78 is 0. The van der Waals surface area contributed by atoms with Gasteiger partial charge in [0.05, 0.1) is 0 Å². The largest absolute Gasteiger partial charge is 0.399 e. The van der Waals surface area contributed by atoms with Gasteiger partial charge in [0.1, 0.15) is 12.3 Å². The third-order valence-electron chi connectivity index (χ3n) is 3.51. The topological polar surface area (TPSA) is 92.5 Å². The molecule has 1 heterocycles. The minimum Gasteiger partial charge on any atom is -0.399 e. The van der Waals surface area contributed by atoms with Crippen LogP contribution >= 0.6 is 0 Å². The van der Waals surface area contributed by atoms with Crippen LogP contribution in [0.25, 0.3) is 5.70 Å². The standard InChI is InChI=1S/C15H17N3O3/c1-9-12-8-10(16)5-6-11(12)15(21)18(9)13(4-3-7-19)14(20)17-2/h5-8,13H,1,3-4,16H2,2H3,(H,17,20). The molecule has 2 amide bonds. The number of fused-ring (bicyclic) bond motifs is 1. The van der Waals surface area contributed by atoms with Gasteiger partial charge >= 0.3 is 0 Å². The summed E-state index contributed by atoms with van der Waals surface area (Å²) in [5, 5.41) is 2.52. The predicted molar refractivity (Wildman–Crippen MR) is 79.2 cm³/mol. The smallest absolute Gasteiger partial charge is 0.259 e. The lowest BCUT2D eigenvalue weighted by Crippen LogP contribution is -2.45. The first-order chi connectivity index (χ1) is 10.0. The molecule has 0 spiro atoms. The van der Waals surface area contributed by atoms with E-state index in [2.05, 4.69) is 11.9 Å². The molecule has 0 fully saturated rings. The average molecular weight is 287 g/mol. The number of anilines is 1. The van der Waals surface area contributed by atoms with Crippen molar-refractivity contribution in [3.05, 3.63) is 35.9 Å². The van der Waals surface area contributed by atoms with E-state index < -0.39 is 6.04 Å². The Morgan fingerprint density at radius 3 is 2.81 bits per heavy atom. The van der Waals surface area contributed by atoms with Crippen LogP contribution in [-0.2, 0) is 9.59 Å². The predicted octanol–water partition coefficient (Wildman–Crippen LogP) is 0.789. The Hall–Kier alpha value is -2.63. The highest BCUT2D eigenvalue weighted by Crippen LogP contribution is 2.35. The lowest BCUT2D eigenvalue weighted by Gasteiger charge is -2.26. The number of nitrogens with one attached hydrogen (secondary N) is 1. The van der Waals surface area contributed by atoms with Gasteiger partial charge in [-0.2, -0.15) is 0 Å². The number of nitrogens with zero attached hydrogens (tertiary/aromatic N) is 1. The molecular weight excluding hydrogens is 270 g/mol. The second-order valence-electron chi connectivity index (χ2n) is 4.80. The number of likely N-dealkylation sites (N-methyl/N-ethyl adjacent to an activating group) is 1. The molecule has 0 bridgehead atoms. The van der Waals surface area contributed by atoms with Crippen LogP contribution in [0.1, 0.15) is 28.8 Å². The number of hydrogen-bond acceptors (Lipinski definition) is 4. The zero-order valence-corrected chi connectivity index (χ0v) is 11.8. The molecule has 0 aromatic heterocycles. The highest BCUT2D eigenvalue weighted by Gasteiger charge is 2.38. The van der Waals surface area contributed by atoms with Gasteiger partial charge in [0, 0.05) is 36.0 Å². The van der Waals surface area contributed by atoms with Gasteiger partial charge in [-0.15, -0.1) is 0 Å². The van der Waals surface area contributed by atoms with Crippen LogP contribution in [0.5, 0.6) is 0 Å². The van der Waals surface area contributed by atoms with E-state index in [1.54, 1.807) is 18.2 Å². The third kappa shape index (κ3) is 2.52. The summed E-state index contributed by atoms with van der Waals surface area (Å²) in [6, 6.07) is 4.16. The van der Waals surface area contributed by atoms with Crippen molar-refractivity contribution >= 4 is 29.5 Å². The quantitative estimate of drug-likeness (QED) is 0.618. The fourth-order valence-corrected chi connectivity index (χ4v) is 2.47. The summed E-state index contributed by atoms with van der Waals surface area (Å²) in [7, 11) is 1.49. The molecule has 0 saturated carbocycles. The Bertz CT molecular complexity index is 625. The molecule has 6 nitrogen and oxygen atoms in total. The molecule has 1 aliphatic rings. The van der Waals surface area contributed by atoms with Crippen LogP contribution < -0.4 is 11.1 Å². The molecule has 0 aliphatic carbocycles. The van der Waals surface area contributed by atoms with Crippen LogP contribution in [0, 0.1) is 0 Å². The van der Waals surface area contributed by atoms with Crippen LogP contribution in [0.15, 0.2) is 24.8 Å². The van der Waals surface area contributed by atoms with E-state index in [1.807, 2.05) is 0 Å². The maximum Gasteiger partial charge on any atom is 0.259 e. The molecule has 3 N–H and O–H groups in total. The van der Waals surface area contributed by atoms with Gasteiger partial charge in [-0.1, -0.05) is 6.58 Å². The zero-order valence-electron chi connectivity index (χ0n) is 11.8. The summed E-state index contributed by atoms with van der Waals surface area (Å²) in [6.45, 7) is 3.90. The van der Waals surface area contributed by atoms with Gasteiger partial charge in [0.15, 0.2) is 0 Å². The second-order valence-corrected chi connectivity index (χ2v) is 4.80. The number of hydrogen-bond donors (Lipinski definition) is 2. The first-order valence-corrected chi connectivity index (χ1v) is 6.58. The first kappa shape index (κ1) is 14.8. The highest BCUT2D eigenvalue weighted by molar-refractivity contribution is 6.11. The van der Waals surface area contributed by atoms with Crippen molar-refractivity contribution in [1.82, 2.24) is 10.2 Å². The molecule has 21 heavy (non-hydrogen) atoms. The number of rotatable bonds is 5. The maximum absolute atomic E-state index is 12.5. The molecule has 1 aliphatic heterocycles. The van der Waals surface area contributed by atoms with E-state index in [0.29, 0.717) is 22.5 Å². The van der Waals surface area contributed by atoms with Crippen LogP contribution in [0.4, 0.5) is 5.69 Å². The van der Waals surface area contributed by atoms with Gasteiger partial charge < -0.3 is 15.8 Å². The van der Waals surface area contributed by atoms with E-state index in [-0.39, 0.29) is 24.7 Å². The van der Waals surface area contributed by atoms with Crippen molar-refractivity contribution in [2.75, 3.05) is 12.8 Å². The van der Waals surface area contributed by atoms with Crippen molar-refractivity contribution in [1.29, 1.82) is 0 Å². The van der Waals surface area contributed by atoms with Gasteiger partial charge in [-0.3, -0.25) is 14.5 Å². The number of benzene rings is 1. The third-order valence-corrected chi connectivity index (χ3v) is 3.51. The molecule has 1 aromatic rings. The normalized spacial score (nSPS) is 14.8. The van der Waals surface area contributed by atoms with Crippen molar-refractivity contribution in [3.8, 4) is 0 Å². The number of carbonyl (C=O) groups is 3. The number of aldehydes is 1. The molecule has 2 rings (SSSR count). The van der Waals surface area contributed by atoms with Crippen molar-refractivity contribution < 1.29 is 14.4 Å². The minimum absolute atomic E-state index is 0.188. The summed E-state index contributed by atoms with van der Waals surface area (Å²) in [5.41, 5.74) is 7.78. The summed E-state index contributed by atoms with van der Waals surface area (Å²) in [6.07, 6.45) is 1.16. The lowest BCUT2D eigenvalue weighted by atomic mass is 10.1. The molecular formula is C15H17N3O3. The van der Waals surface area contributed by atoms with Crippen molar-refractivity contribution in [2.45, 2.75) is 18.9 Å². The summed E-state index contributed by atoms with van der Waals surface area (Å²) >= 11 is 0. The fraction of sp³-hybridized carbons (Fsp3) is 0.267. The Kier molecular flexibility index (Phi) is 4.07. The second kappa shape index (κ2) is 5.78. The SMILES string of the molecule is C=C1c2cc(N)ccc2C(=O)N1C(CCC=O)C(=O)NC. The van der Waals surface area contributed by atoms with Crippen molar-refractivity contribution in [2.24, 2.45) is 0 Å². The summed E-state index contributed by atoms with van der Waals surface area (Å²) in [4.78, 5) is 36.5. The fourth-order valence-electron chi connectivity index (χ4n) is 2.47. The molecule has 0 radical (unpaired) electrons. The molecule has 1 atom stereocenters. The minimum atomic E-state index is -0.756. The van der Waals surface area contributed by atoms with E-state index in [0.717, 1.165) is 6.29 Å². The monoisotopic (exact) mass is 287 g/mol.